The number of rotatable bonds is 7. The Kier molecular flexibility index (Phi) is 9.85. The smallest absolute Gasteiger partial charge is 0.191 e. The first-order valence-electron chi connectivity index (χ1n) is 10.2. The molecule has 5 nitrogen and oxygen atoms in total. The maximum absolute atomic E-state index is 4.62. The van der Waals surface area contributed by atoms with Crippen molar-refractivity contribution in [1.29, 1.82) is 0 Å². The molecule has 1 aromatic carbocycles. The number of guanidine groups is 1. The summed E-state index contributed by atoms with van der Waals surface area (Å²) in [7, 11) is 1.84. The quantitative estimate of drug-likeness (QED) is 0.322. The number of aryl methyl sites for hydroxylation is 3. The third-order valence-electron chi connectivity index (χ3n) is 5.43. The molecule has 1 atom stereocenters. The Labute approximate surface area is 196 Å². The Hall–Kier alpha value is -1.19. The first kappa shape index (κ1) is 24.1. The molecule has 1 unspecified atom stereocenters. The molecule has 2 N–H and O–H groups in total. The van der Waals surface area contributed by atoms with E-state index in [-0.39, 0.29) is 24.0 Å². The highest BCUT2D eigenvalue weighted by Crippen LogP contribution is 2.25. The van der Waals surface area contributed by atoms with Crippen molar-refractivity contribution in [2.24, 2.45) is 4.99 Å². The second-order valence-corrected chi connectivity index (χ2v) is 8.84. The Morgan fingerprint density at radius 3 is 2.41 bits per heavy atom. The van der Waals surface area contributed by atoms with E-state index in [1.165, 1.54) is 46.9 Å². The van der Waals surface area contributed by atoms with Gasteiger partial charge in [-0.2, -0.15) is 0 Å². The zero-order chi connectivity index (χ0) is 19.9. The molecule has 3 rings (SSSR count). The number of thiazole rings is 1. The fourth-order valence-corrected chi connectivity index (χ4v) is 4.58. The molecule has 1 aliphatic heterocycles. The summed E-state index contributed by atoms with van der Waals surface area (Å²) < 4.78 is 0. The van der Waals surface area contributed by atoms with Crippen LogP contribution in [0.4, 0.5) is 0 Å². The lowest BCUT2D eigenvalue weighted by Gasteiger charge is -2.29. The minimum atomic E-state index is 0. The van der Waals surface area contributed by atoms with Gasteiger partial charge in [0.15, 0.2) is 5.96 Å². The van der Waals surface area contributed by atoms with E-state index in [9.17, 15) is 0 Å². The summed E-state index contributed by atoms with van der Waals surface area (Å²) in [6, 6.07) is 9.34. The fraction of sp³-hybridized carbons (Fsp3) is 0.545. The third kappa shape index (κ3) is 6.93. The van der Waals surface area contributed by atoms with Gasteiger partial charge in [-0.3, -0.25) is 9.89 Å². The molecule has 2 aromatic rings. The number of aromatic nitrogens is 1. The number of nitrogens with zero attached hydrogens (tertiary/aromatic N) is 3. The number of likely N-dealkylation sites (tertiary alicyclic amines) is 1. The molecule has 1 saturated heterocycles. The topological polar surface area (TPSA) is 52.6 Å². The van der Waals surface area contributed by atoms with Crippen LogP contribution in [0.25, 0.3) is 0 Å². The zero-order valence-electron chi connectivity index (χ0n) is 18.0. The molecular formula is C22H34IN5S. The van der Waals surface area contributed by atoms with Crippen LogP contribution in [0.1, 0.15) is 45.6 Å². The molecule has 0 bridgehead atoms. The summed E-state index contributed by atoms with van der Waals surface area (Å²) >= 11 is 1.79. The molecule has 1 fully saturated rings. The molecule has 1 aromatic heterocycles. The van der Waals surface area contributed by atoms with Gasteiger partial charge in [0.1, 0.15) is 0 Å². The van der Waals surface area contributed by atoms with Crippen LogP contribution in [0.5, 0.6) is 0 Å². The van der Waals surface area contributed by atoms with Gasteiger partial charge in [-0.15, -0.1) is 35.3 Å². The predicted molar refractivity (Wildman–Crippen MR) is 135 cm³/mol. The van der Waals surface area contributed by atoms with Crippen LogP contribution < -0.4 is 10.6 Å². The van der Waals surface area contributed by atoms with Crippen LogP contribution in [0.2, 0.25) is 0 Å². The van der Waals surface area contributed by atoms with E-state index >= 15 is 0 Å². The van der Waals surface area contributed by atoms with Crippen molar-refractivity contribution in [3.05, 3.63) is 51.0 Å². The molecule has 160 valence electrons. The van der Waals surface area contributed by atoms with Crippen LogP contribution in [0.3, 0.4) is 0 Å². The summed E-state index contributed by atoms with van der Waals surface area (Å²) in [5, 5.41) is 8.17. The normalized spacial score (nSPS) is 15.8. The highest BCUT2D eigenvalue weighted by Gasteiger charge is 2.23. The van der Waals surface area contributed by atoms with E-state index in [2.05, 4.69) is 70.5 Å². The van der Waals surface area contributed by atoms with Crippen molar-refractivity contribution >= 4 is 41.3 Å². The van der Waals surface area contributed by atoms with Crippen LogP contribution in [-0.4, -0.2) is 49.1 Å². The predicted octanol–water partition coefficient (Wildman–Crippen LogP) is 4.23. The van der Waals surface area contributed by atoms with Crippen molar-refractivity contribution in [3.8, 4) is 0 Å². The molecule has 1 aliphatic rings. The number of aliphatic imine (C=N–C) groups is 1. The first-order valence-corrected chi connectivity index (χ1v) is 11.1. The highest BCUT2D eigenvalue weighted by atomic mass is 127. The van der Waals surface area contributed by atoms with Gasteiger partial charge in [-0.05, 0) is 52.3 Å². The van der Waals surface area contributed by atoms with Crippen molar-refractivity contribution in [1.82, 2.24) is 20.5 Å². The van der Waals surface area contributed by atoms with Gasteiger partial charge in [0, 0.05) is 31.4 Å². The number of halogens is 1. The van der Waals surface area contributed by atoms with Crippen LogP contribution in [0, 0.1) is 20.8 Å². The van der Waals surface area contributed by atoms with E-state index in [1.807, 2.05) is 7.05 Å². The minimum absolute atomic E-state index is 0. The number of benzene rings is 1. The van der Waals surface area contributed by atoms with E-state index in [4.69, 9.17) is 0 Å². The van der Waals surface area contributed by atoms with Gasteiger partial charge >= 0.3 is 0 Å². The van der Waals surface area contributed by atoms with Crippen molar-refractivity contribution in [2.45, 2.75) is 46.1 Å². The minimum Gasteiger partial charge on any atom is -0.356 e. The Morgan fingerprint density at radius 1 is 1.14 bits per heavy atom. The molecular weight excluding hydrogens is 493 g/mol. The molecule has 29 heavy (non-hydrogen) atoms. The maximum Gasteiger partial charge on any atom is 0.191 e. The first-order chi connectivity index (χ1) is 13.6. The molecule has 0 amide bonds. The molecule has 7 heteroatoms. The summed E-state index contributed by atoms with van der Waals surface area (Å²) in [5.74, 6) is 0.862. The van der Waals surface area contributed by atoms with Gasteiger partial charge in [0.25, 0.3) is 0 Å². The largest absolute Gasteiger partial charge is 0.356 e. The Morgan fingerprint density at radius 2 is 1.83 bits per heavy atom. The SMILES string of the molecule is CN=C(NCCc1nc(C)c(C)s1)NCC(c1ccc(C)cc1)N1CCCC1.I. The molecule has 0 saturated carbocycles. The Balaban J connectivity index is 0.00000300. The number of hydrogen-bond donors (Lipinski definition) is 2. The molecule has 0 aliphatic carbocycles. The summed E-state index contributed by atoms with van der Waals surface area (Å²) in [4.78, 5) is 12.9. The molecule has 0 radical (unpaired) electrons. The average Bonchev–Trinajstić information content (AvgIpc) is 3.32. The number of nitrogens with one attached hydrogen (secondary N) is 2. The van der Waals surface area contributed by atoms with Crippen LogP contribution >= 0.6 is 35.3 Å². The summed E-state index contributed by atoms with van der Waals surface area (Å²) in [6.07, 6.45) is 3.51. The third-order valence-corrected chi connectivity index (χ3v) is 6.57. The van der Waals surface area contributed by atoms with Crippen molar-refractivity contribution in [2.75, 3.05) is 33.2 Å². The lowest BCUT2D eigenvalue weighted by molar-refractivity contribution is 0.245. The molecule has 0 spiro atoms. The number of hydrogen-bond acceptors (Lipinski definition) is 4. The second kappa shape index (κ2) is 11.9. The highest BCUT2D eigenvalue weighted by molar-refractivity contribution is 14.0. The van der Waals surface area contributed by atoms with Gasteiger partial charge in [0.05, 0.1) is 16.7 Å². The van der Waals surface area contributed by atoms with E-state index in [0.29, 0.717) is 6.04 Å². The van der Waals surface area contributed by atoms with E-state index in [1.54, 1.807) is 11.3 Å². The van der Waals surface area contributed by atoms with Gasteiger partial charge in [-0.1, -0.05) is 29.8 Å². The summed E-state index contributed by atoms with van der Waals surface area (Å²) in [6.45, 7) is 10.4. The second-order valence-electron chi connectivity index (χ2n) is 7.55. The Bertz CT molecular complexity index is 762. The van der Waals surface area contributed by atoms with Crippen LogP contribution in [0.15, 0.2) is 29.3 Å². The van der Waals surface area contributed by atoms with Gasteiger partial charge in [0.2, 0.25) is 0 Å². The molecule has 2 heterocycles. The standard InChI is InChI=1S/C22H33N5S.HI/c1-16-7-9-19(10-8-16)20(27-13-5-6-14-27)15-25-22(23-4)24-12-11-21-26-17(2)18(3)28-21;/h7-10,20H,5-6,11-15H2,1-4H3,(H2,23,24,25);1H. The van der Waals surface area contributed by atoms with Crippen LogP contribution in [-0.2, 0) is 6.42 Å². The van der Waals surface area contributed by atoms with Gasteiger partial charge in [-0.25, -0.2) is 4.98 Å². The average molecular weight is 528 g/mol. The lowest BCUT2D eigenvalue weighted by Crippen LogP contribution is -2.43. The monoisotopic (exact) mass is 527 g/mol. The zero-order valence-corrected chi connectivity index (χ0v) is 21.1. The van der Waals surface area contributed by atoms with E-state index in [0.717, 1.165) is 31.2 Å². The lowest BCUT2D eigenvalue weighted by atomic mass is 10.0. The summed E-state index contributed by atoms with van der Waals surface area (Å²) in [5.41, 5.74) is 3.83. The van der Waals surface area contributed by atoms with Crippen molar-refractivity contribution in [3.63, 3.8) is 0 Å². The fourth-order valence-electron chi connectivity index (χ4n) is 3.65. The van der Waals surface area contributed by atoms with Crippen molar-refractivity contribution < 1.29 is 0 Å². The van der Waals surface area contributed by atoms with E-state index < -0.39 is 0 Å². The maximum atomic E-state index is 4.62. The van der Waals surface area contributed by atoms with Gasteiger partial charge < -0.3 is 10.6 Å².